The minimum Gasteiger partial charge on any atom is -0.486 e. The monoisotopic (exact) mass is 462 g/mol. The molecule has 0 radical (unpaired) electrons. The Labute approximate surface area is 194 Å². The van der Waals surface area contributed by atoms with Gasteiger partial charge in [-0.3, -0.25) is 9.36 Å². The number of furan rings is 1. The maximum absolute atomic E-state index is 12.7. The fourth-order valence-corrected chi connectivity index (χ4v) is 4.33. The van der Waals surface area contributed by atoms with Gasteiger partial charge in [0.2, 0.25) is 11.7 Å². The van der Waals surface area contributed by atoms with Gasteiger partial charge in [-0.15, -0.1) is 10.2 Å². The summed E-state index contributed by atoms with van der Waals surface area (Å²) in [4.78, 5) is 12.7. The lowest BCUT2D eigenvalue weighted by Crippen LogP contribution is -2.28. The van der Waals surface area contributed by atoms with E-state index in [1.165, 1.54) is 11.8 Å². The highest BCUT2D eigenvalue weighted by atomic mass is 32.2. The number of hydrogen-bond donors (Lipinski definition) is 1. The minimum atomic E-state index is -0.181. The Balaban J connectivity index is 1.29. The van der Waals surface area contributed by atoms with E-state index in [4.69, 9.17) is 13.9 Å². The van der Waals surface area contributed by atoms with Gasteiger partial charge >= 0.3 is 0 Å². The van der Waals surface area contributed by atoms with Crippen LogP contribution >= 0.6 is 11.8 Å². The fourth-order valence-electron chi connectivity index (χ4n) is 3.56. The van der Waals surface area contributed by atoms with E-state index in [0.717, 1.165) is 17.0 Å². The maximum Gasteiger partial charge on any atom is 0.230 e. The number of fused-ring (bicyclic) bond motifs is 1. The summed E-state index contributed by atoms with van der Waals surface area (Å²) in [6.07, 6.45) is 1.60. The van der Waals surface area contributed by atoms with Crippen LogP contribution in [0.3, 0.4) is 0 Å². The molecule has 8 nitrogen and oxygen atoms in total. The Kier molecular flexibility index (Phi) is 6.03. The van der Waals surface area contributed by atoms with E-state index in [1.54, 1.807) is 12.3 Å². The molecule has 2 aromatic carbocycles. The van der Waals surface area contributed by atoms with Gasteiger partial charge in [0.1, 0.15) is 13.2 Å². The van der Waals surface area contributed by atoms with Gasteiger partial charge in [-0.2, -0.15) is 0 Å². The van der Waals surface area contributed by atoms with E-state index in [9.17, 15) is 4.79 Å². The van der Waals surface area contributed by atoms with E-state index in [0.29, 0.717) is 35.7 Å². The Hall–Kier alpha value is -3.72. The summed E-state index contributed by atoms with van der Waals surface area (Å²) in [6, 6.07) is 18.9. The van der Waals surface area contributed by atoms with Crippen LogP contribution in [-0.2, 0) is 4.79 Å². The van der Waals surface area contributed by atoms with Gasteiger partial charge in [-0.1, -0.05) is 36.0 Å². The predicted octanol–water partition coefficient (Wildman–Crippen LogP) is 4.27. The quantitative estimate of drug-likeness (QED) is 0.410. The Morgan fingerprint density at radius 2 is 1.88 bits per heavy atom. The van der Waals surface area contributed by atoms with Crippen LogP contribution in [-0.4, -0.2) is 39.6 Å². The van der Waals surface area contributed by atoms with Crippen molar-refractivity contribution in [3.8, 4) is 28.8 Å². The lowest BCUT2D eigenvalue weighted by Gasteiger charge is -2.21. The van der Waals surface area contributed by atoms with Crippen LogP contribution in [0.4, 0.5) is 0 Å². The topological polar surface area (TPSA) is 91.4 Å². The van der Waals surface area contributed by atoms with E-state index in [-0.39, 0.29) is 17.7 Å². The molecule has 0 saturated heterocycles. The van der Waals surface area contributed by atoms with Gasteiger partial charge in [0.05, 0.1) is 18.1 Å². The van der Waals surface area contributed by atoms with E-state index >= 15 is 0 Å². The average Bonchev–Trinajstić information content (AvgIpc) is 3.53. The summed E-state index contributed by atoms with van der Waals surface area (Å²) in [5.74, 6) is 2.71. The molecule has 1 N–H and O–H groups in total. The van der Waals surface area contributed by atoms with Crippen LogP contribution in [0.25, 0.3) is 17.3 Å². The zero-order valence-electron chi connectivity index (χ0n) is 17.9. The summed E-state index contributed by atoms with van der Waals surface area (Å²) in [5.41, 5.74) is 1.84. The third-order valence-electron chi connectivity index (χ3n) is 5.17. The van der Waals surface area contributed by atoms with Crippen molar-refractivity contribution in [2.45, 2.75) is 18.1 Å². The molecule has 33 heavy (non-hydrogen) atoms. The number of carbonyl (C=O) groups is 1. The first kappa shape index (κ1) is 21.1. The smallest absolute Gasteiger partial charge is 0.230 e. The van der Waals surface area contributed by atoms with Gasteiger partial charge in [-0.25, -0.2) is 0 Å². The van der Waals surface area contributed by atoms with Crippen molar-refractivity contribution in [1.29, 1.82) is 0 Å². The summed E-state index contributed by atoms with van der Waals surface area (Å²) in [7, 11) is 0. The van der Waals surface area contributed by atoms with Gasteiger partial charge < -0.3 is 19.2 Å². The second-order valence-electron chi connectivity index (χ2n) is 7.44. The van der Waals surface area contributed by atoms with E-state index in [2.05, 4.69) is 15.5 Å². The molecule has 1 amide bonds. The van der Waals surface area contributed by atoms with Gasteiger partial charge in [0.25, 0.3) is 0 Å². The van der Waals surface area contributed by atoms with Crippen LogP contribution in [0.1, 0.15) is 18.5 Å². The van der Waals surface area contributed by atoms with Crippen LogP contribution < -0.4 is 14.8 Å². The molecule has 9 heteroatoms. The molecule has 168 valence electrons. The molecule has 0 fully saturated rings. The standard InChI is InChI=1S/C24H22N4O4S/c1-16(17-9-10-19-21(14-17)32-13-12-31-19)25-22(29)15-33-24-27-26-23(20-8-5-11-30-20)28(24)18-6-3-2-4-7-18/h2-11,14,16H,12-13,15H2,1H3,(H,25,29)/t16-/m1/s1. The zero-order valence-corrected chi connectivity index (χ0v) is 18.7. The number of nitrogens with one attached hydrogen (secondary N) is 1. The van der Waals surface area contributed by atoms with E-state index < -0.39 is 0 Å². The number of rotatable bonds is 7. The fraction of sp³-hybridized carbons (Fsp3) is 0.208. The molecule has 0 unspecified atom stereocenters. The zero-order chi connectivity index (χ0) is 22.6. The molecule has 5 rings (SSSR count). The maximum atomic E-state index is 12.7. The normalized spacial score (nSPS) is 13.5. The summed E-state index contributed by atoms with van der Waals surface area (Å²) in [6.45, 7) is 3.01. The lowest BCUT2D eigenvalue weighted by atomic mass is 10.1. The van der Waals surface area contributed by atoms with Crippen LogP contribution in [0.5, 0.6) is 11.5 Å². The highest BCUT2D eigenvalue weighted by molar-refractivity contribution is 7.99. The molecule has 0 saturated carbocycles. The number of ether oxygens (including phenoxy) is 2. The third-order valence-corrected chi connectivity index (χ3v) is 6.09. The minimum absolute atomic E-state index is 0.107. The number of thioether (sulfide) groups is 1. The van der Waals surface area contributed by atoms with Crippen molar-refractivity contribution in [3.63, 3.8) is 0 Å². The van der Waals surface area contributed by atoms with Gasteiger partial charge in [0.15, 0.2) is 22.4 Å². The van der Waals surface area contributed by atoms with Crippen molar-refractivity contribution in [2.75, 3.05) is 19.0 Å². The number of amides is 1. The molecule has 4 aromatic rings. The van der Waals surface area contributed by atoms with Crippen LogP contribution in [0.2, 0.25) is 0 Å². The molecular formula is C24H22N4O4S. The first-order valence-electron chi connectivity index (χ1n) is 10.6. The first-order chi connectivity index (χ1) is 16.2. The van der Waals surface area contributed by atoms with Crippen molar-refractivity contribution < 1.29 is 18.7 Å². The molecule has 1 aliphatic rings. The summed E-state index contributed by atoms with van der Waals surface area (Å²) in [5, 5.41) is 12.3. The van der Waals surface area contributed by atoms with E-state index in [1.807, 2.05) is 66.1 Å². The number of nitrogens with zero attached hydrogens (tertiary/aromatic N) is 3. The molecule has 0 bridgehead atoms. The molecule has 1 atom stereocenters. The lowest BCUT2D eigenvalue weighted by molar-refractivity contribution is -0.119. The second-order valence-corrected chi connectivity index (χ2v) is 8.38. The molecule has 0 aliphatic carbocycles. The predicted molar refractivity (Wildman–Crippen MR) is 124 cm³/mol. The molecule has 3 heterocycles. The SMILES string of the molecule is C[C@@H](NC(=O)CSc1nnc(-c2ccco2)n1-c1ccccc1)c1ccc2c(c1)OCCO2. The molecule has 2 aromatic heterocycles. The number of benzene rings is 2. The van der Waals surface area contributed by atoms with Gasteiger partial charge in [0, 0.05) is 5.69 Å². The van der Waals surface area contributed by atoms with Crippen LogP contribution in [0, 0.1) is 0 Å². The third kappa shape index (κ3) is 4.58. The average molecular weight is 463 g/mol. The highest BCUT2D eigenvalue weighted by Gasteiger charge is 2.20. The number of para-hydroxylation sites is 1. The Morgan fingerprint density at radius 3 is 2.67 bits per heavy atom. The van der Waals surface area contributed by atoms with Crippen LogP contribution in [0.15, 0.2) is 76.5 Å². The molecular weight excluding hydrogens is 440 g/mol. The largest absolute Gasteiger partial charge is 0.486 e. The van der Waals surface area contributed by atoms with Crippen molar-refractivity contribution >= 4 is 17.7 Å². The number of hydrogen-bond acceptors (Lipinski definition) is 7. The second kappa shape index (κ2) is 9.41. The number of aromatic nitrogens is 3. The van der Waals surface area contributed by atoms with Crippen molar-refractivity contribution in [3.05, 3.63) is 72.5 Å². The Bertz CT molecular complexity index is 1240. The van der Waals surface area contributed by atoms with Crippen molar-refractivity contribution in [1.82, 2.24) is 20.1 Å². The summed E-state index contributed by atoms with van der Waals surface area (Å²) >= 11 is 1.32. The first-order valence-corrected chi connectivity index (χ1v) is 11.5. The van der Waals surface area contributed by atoms with Gasteiger partial charge in [-0.05, 0) is 48.9 Å². The summed E-state index contributed by atoms with van der Waals surface area (Å²) < 4.78 is 18.6. The Morgan fingerprint density at radius 1 is 1.06 bits per heavy atom. The van der Waals surface area contributed by atoms with Crippen molar-refractivity contribution in [2.24, 2.45) is 0 Å². The number of carbonyl (C=O) groups excluding carboxylic acids is 1. The molecule has 1 aliphatic heterocycles. The molecule has 0 spiro atoms. The highest BCUT2D eigenvalue weighted by Crippen LogP contribution is 2.33.